The summed E-state index contributed by atoms with van der Waals surface area (Å²) in [6, 6.07) is 0. The van der Waals surface area contributed by atoms with Gasteiger partial charge in [0, 0.05) is 31.6 Å². The van der Waals surface area contributed by atoms with Crippen LogP contribution in [0.3, 0.4) is 0 Å². The molecule has 0 bridgehead atoms. The molecule has 0 aromatic rings. The zero-order valence-corrected chi connectivity index (χ0v) is 29.7. The Morgan fingerprint density at radius 1 is 0.413 bits per heavy atom. The third-order valence-electron chi connectivity index (χ3n) is 8.12. The molecule has 270 valence electrons. The minimum Gasteiger partial charge on any atom is -0.465 e. The molecular weight excluding hydrogens is 588 g/mol. The van der Waals surface area contributed by atoms with Crippen molar-refractivity contribution in [1.82, 2.24) is 0 Å². The van der Waals surface area contributed by atoms with Crippen LogP contribution in [0.2, 0.25) is 0 Å². The number of carbonyl (C=O) groups is 4. The number of aliphatic hydroxyl groups is 1. The van der Waals surface area contributed by atoms with E-state index in [1.165, 1.54) is 25.7 Å². The summed E-state index contributed by atoms with van der Waals surface area (Å²) in [6.07, 6.45) is 20.5. The van der Waals surface area contributed by atoms with Crippen molar-refractivity contribution in [3.8, 4) is 0 Å². The molecular formula is C37H68O9. The van der Waals surface area contributed by atoms with E-state index in [9.17, 15) is 24.3 Å². The van der Waals surface area contributed by atoms with Crippen LogP contribution in [0.15, 0.2) is 0 Å². The van der Waals surface area contributed by atoms with Crippen LogP contribution < -0.4 is 0 Å². The summed E-state index contributed by atoms with van der Waals surface area (Å²) < 4.78 is 21.6. The van der Waals surface area contributed by atoms with Crippen molar-refractivity contribution in [2.24, 2.45) is 11.8 Å². The van der Waals surface area contributed by atoms with Gasteiger partial charge in [-0.3, -0.25) is 19.2 Å². The molecule has 0 aromatic carbocycles. The van der Waals surface area contributed by atoms with Gasteiger partial charge in [-0.15, -0.1) is 0 Å². The topological polar surface area (TPSA) is 125 Å². The predicted molar refractivity (Wildman–Crippen MR) is 181 cm³/mol. The Kier molecular flexibility index (Phi) is 31.2. The van der Waals surface area contributed by atoms with Gasteiger partial charge in [-0.25, -0.2) is 0 Å². The van der Waals surface area contributed by atoms with Crippen molar-refractivity contribution in [1.29, 1.82) is 0 Å². The Labute approximate surface area is 280 Å². The fraction of sp³-hybridized carbons (Fsp3) is 0.892. The number of aliphatic hydroxyl groups excluding tert-OH is 1. The fourth-order valence-electron chi connectivity index (χ4n) is 5.01. The van der Waals surface area contributed by atoms with Crippen LogP contribution >= 0.6 is 0 Å². The van der Waals surface area contributed by atoms with Gasteiger partial charge in [0.05, 0.1) is 39.0 Å². The van der Waals surface area contributed by atoms with Crippen molar-refractivity contribution in [3.05, 3.63) is 0 Å². The second-order valence-corrected chi connectivity index (χ2v) is 12.7. The Morgan fingerprint density at radius 2 is 0.696 bits per heavy atom. The SMILES string of the molecule is CCCCCCCCCC(=O)OCC(CO)COC(=O)CCCC(COC(=O)CCCCCCC)COC(=O)CCCCCCC. The number of unbranched alkanes of at least 4 members (excludes halogenated alkanes) is 14. The molecule has 1 unspecified atom stereocenters. The van der Waals surface area contributed by atoms with Crippen LogP contribution in [-0.2, 0) is 38.1 Å². The van der Waals surface area contributed by atoms with Crippen molar-refractivity contribution in [3.63, 3.8) is 0 Å². The lowest BCUT2D eigenvalue weighted by Crippen LogP contribution is -2.24. The molecule has 0 saturated heterocycles. The number of rotatable bonds is 33. The van der Waals surface area contributed by atoms with Gasteiger partial charge in [0.2, 0.25) is 0 Å². The van der Waals surface area contributed by atoms with Crippen LogP contribution in [0.5, 0.6) is 0 Å². The van der Waals surface area contributed by atoms with E-state index in [1.54, 1.807) is 0 Å². The van der Waals surface area contributed by atoms with E-state index in [-0.39, 0.29) is 63.3 Å². The average molecular weight is 657 g/mol. The zero-order valence-electron chi connectivity index (χ0n) is 29.7. The quantitative estimate of drug-likeness (QED) is 0.0421. The van der Waals surface area contributed by atoms with Gasteiger partial charge >= 0.3 is 23.9 Å². The third kappa shape index (κ3) is 29.3. The summed E-state index contributed by atoms with van der Waals surface area (Å²) in [5.41, 5.74) is 0. The Balaban J connectivity index is 4.45. The molecule has 0 aliphatic carbocycles. The van der Waals surface area contributed by atoms with Gasteiger partial charge in [-0.2, -0.15) is 0 Å². The summed E-state index contributed by atoms with van der Waals surface area (Å²) in [6.45, 7) is 6.49. The summed E-state index contributed by atoms with van der Waals surface area (Å²) in [7, 11) is 0. The zero-order chi connectivity index (χ0) is 34.1. The number of esters is 4. The van der Waals surface area contributed by atoms with Crippen LogP contribution in [0.25, 0.3) is 0 Å². The molecule has 0 heterocycles. The van der Waals surface area contributed by atoms with E-state index in [4.69, 9.17) is 18.9 Å². The van der Waals surface area contributed by atoms with E-state index in [1.807, 2.05) is 0 Å². The second-order valence-electron chi connectivity index (χ2n) is 12.7. The minimum atomic E-state index is -0.475. The van der Waals surface area contributed by atoms with Gasteiger partial charge in [-0.1, -0.05) is 111 Å². The summed E-state index contributed by atoms with van der Waals surface area (Å²) >= 11 is 0. The molecule has 0 aliphatic rings. The van der Waals surface area contributed by atoms with Crippen molar-refractivity contribution in [2.75, 3.05) is 33.0 Å². The smallest absolute Gasteiger partial charge is 0.305 e. The Bertz CT molecular complexity index is 725. The maximum absolute atomic E-state index is 12.4. The number of hydrogen-bond acceptors (Lipinski definition) is 9. The van der Waals surface area contributed by atoms with Crippen LogP contribution in [0.1, 0.15) is 168 Å². The lowest BCUT2D eigenvalue weighted by Gasteiger charge is -2.18. The van der Waals surface area contributed by atoms with Gasteiger partial charge in [0.15, 0.2) is 0 Å². The molecule has 0 fully saturated rings. The predicted octanol–water partition coefficient (Wildman–Crippen LogP) is 8.42. The lowest BCUT2D eigenvalue weighted by atomic mass is 10.0. The van der Waals surface area contributed by atoms with Crippen molar-refractivity contribution < 1.29 is 43.2 Å². The highest BCUT2D eigenvalue weighted by molar-refractivity contribution is 5.70. The molecule has 1 atom stereocenters. The van der Waals surface area contributed by atoms with E-state index < -0.39 is 11.9 Å². The van der Waals surface area contributed by atoms with E-state index in [2.05, 4.69) is 20.8 Å². The van der Waals surface area contributed by atoms with E-state index in [0.29, 0.717) is 32.1 Å². The van der Waals surface area contributed by atoms with Crippen LogP contribution in [-0.4, -0.2) is 62.0 Å². The highest BCUT2D eigenvalue weighted by atomic mass is 16.6. The monoisotopic (exact) mass is 656 g/mol. The summed E-state index contributed by atoms with van der Waals surface area (Å²) in [5, 5.41) is 9.64. The summed E-state index contributed by atoms with van der Waals surface area (Å²) in [5.74, 6) is -1.89. The molecule has 0 spiro atoms. The van der Waals surface area contributed by atoms with Crippen LogP contribution in [0, 0.1) is 11.8 Å². The first kappa shape index (κ1) is 43.8. The molecule has 0 amide bonds. The number of ether oxygens (including phenoxy) is 4. The molecule has 0 aromatic heterocycles. The molecule has 1 N–H and O–H groups in total. The van der Waals surface area contributed by atoms with Gasteiger partial charge in [-0.05, 0) is 32.1 Å². The molecule has 0 saturated carbocycles. The Hall–Kier alpha value is -2.16. The molecule has 0 radical (unpaired) electrons. The van der Waals surface area contributed by atoms with E-state index >= 15 is 0 Å². The van der Waals surface area contributed by atoms with Gasteiger partial charge < -0.3 is 24.1 Å². The molecule has 46 heavy (non-hydrogen) atoms. The third-order valence-corrected chi connectivity index (χ3v) is 8.12. The minimum absolute atomic E-state index is 0.00906. The normalized spacial score (nSPS) is 11.8. The highest BCUT2D eigenvalue weighted by Gasteiger charge is 2.18. The summed E-state index contributed by atoms with van der Waals surface area (Å²) in [4.78, 5) is 48.9. The molecule has 0 aliphatic heterocycles. The van der Waals surface area contributed by atoms with Gasteiger partial charge in [0.25, 0.3) is 0 Å². The largest absolute Gasteiger partial charge is 0.465 e. The number of hydrogen-bond donors (Lipinski definition) is 1. The molecule has 0 rings (SSSR count). The maximum atomic E-state index is 12.4. The first-order chi connectivity index (χ1) is 22.4. The first-order valence-electron chi connectivity index (χ1n) is 18.6. The Morgan fingerprint density at radius 3 is 1.02 bits per heavy atom. The van der Waals surface area contributed by atoms with Crippen molar-refractivity contribution >= 4 is 23.9 Å². The second kappa shape index (κ2) is 32.8. The number of carbonyl (C=O) groups excluding carboxylic acids is 4. The fourth-order valence-corrected chi connectivity index (χ4v) is 5.01. The van der Waals surface area contributed by atoms with Crippen molar-refractivity contribution in [2.45, 2.75) is 168 Å². The average Bonchev–Trinajstić information content (AvgIpc) is 3.05. The van der Waals surface area contributed by atoms with E-state index in [0.717, 1.165) is 83.5 Å². The first-order valence-corrected chi connectivity index (χ1v) is 18.6. The maximum Gasteiger partial charge on any atom is 0.305 e. The lowest BCUT2D eigenvalue weighted by molar-refractivity contribution is -0.152. The molecule has 9 heteroatoms. The van der Waals surface area contributed by atoms with Crippen LogP contribution in [0.4, 0.5) is 0 Å². The molecule has 9 nitrogen and oxygen atoms in total. The highest BCUT2D eigenvalue weighted by Crippen LogP contribution is 2.15. The standard InChI is InChI=1S/C37H68O9/c1-4-7-10-13-14-17-20-25-36(41)45-30-33(27-38)31-46-37(42)26-21-22-32(28-43-34(39)23-18-15-11-8-5-2)29-44-35(40)24-19-16-12-9-6-3/h32-33,38H,4-31H2,1-3H3. The van der Waals surface area contributed by atoms with Gasteiger partial charge in [0.1, 0.15) is 0 Å².